The van der Waals surface area contributed by atoms with Crippen molar-refractivity contribution in [2.24, 2.45) is 5.92 Å². The number of hydrogen-bond acceptors (Lipinski definition) is 2. The zero-order valence-electron chi connectivity index (χ0n) is 7.86. The largest absolute Gasteiger partial charge is 0.393 e. The maximum atomic E-state index is 11.1. The molecule has 1 N–H and O–H groups in total. The molecular weight excluding hydrogens is 166 g/mol. The summed E-state index contributed by atoms with van der Waals surface area (Å²) in [7, 11) is 0. The summed E-state index contributed by atoms with van der Waals surface area (Å²) in [5.74, 6) is 2.19. The maximum Gasteiger partial charge on any atom is 0.298 e. The molecule has 3 heteroatoms. The Hall–Kier alpha value is -1.01. The van der Waals surface area contributed by atoms with E-state index in [1.807, 2.05) is 0 Å². The van der Waals surface area contributed by atoms with Crippen molar-refractivity contribution < 1.29 is 9.90 Å². The summed E-state index contributed by atoms with van der Waals surface area (Å²) >= 11 is 0. The monoisotopic (exact) mass is 181 g/mol. The summed E-state index contributed by atoms with van der Waals surface area (Å²) in [5, 5.41) is 9.32. The van der Waals surface area contributed by atoms with Gasteiger partial charge < -0.3 is 10.0 Å². The van der Waals surface area contributed by atoms with Gasteiger partial charge >= 0.3 is 0 Å². The average molecular weight is 181 g/mol. The molecule has 0 bridgehead atoms. The van der Waals surface area contributed by atoms with Crippen LogP contribution in [0.1, 0.15) is 19.8 Å². The number of aliphatic hydroxyl groups excluding tert-OH is 1. The van der Waals surface area contributed by atoms with E-state index in [2.05, 4.69) is 5.92 Å². The van der Waals surface area contributed by atoms with E-state index < -0.39 is 0 Å². The predicted molar refractivity (Wildman–Crippen MR) is 49.8 cm³/mol. The lowest BCUT2D eigenvalue weighted by atomic mass is 9.92. The van der Waals surface area contributed by atoms with E-state index in [-0.39, 0.29) is 12.0 Å². The van der Waals surface area contributed by atoms with Gasteiger partial charge in [-0.05, 0) is 31.6 Å². The van der Waals surface area contributed by atoms with Crippen LogP contribution in [0.15, 0.2) is 0 Å². The SMILES string of the molecule is C#CC(=O)N1CCC(C(C)O)CC1. The Labute approximate surface area is 78.7 Å². The fraction of sp³-hybridized carbons (Fsp3) is 0.700. The number of rotatable bonds is 1. The van der Waals surface area contributed by atoms with E-state index in [9.17, 15) is 9.90 Å². The maximum absolute atomic E-state index is 11.1. The lowest BCUT2D eigenvalue weighted by Gasteiger charge is -2.32. The van der Waals surface area contributed by atoms with Crippen molar-refractivity contribution in [1.29, 1.82) is 0 Å². The first-order valence-corrected chi connectivity index (χ1v) is 4.58. The van der Waals surface area contributed by atoms with Crippen LogP contribution >= 0.6 is 0 Å². The number of amides is 1. The summed E-state index contributed by atoms with van der Waals surface area (Å²) in [6, 6.07) is 0. The number of aliphatic hydroxyl groups is 1. The Balaban J connectivity index is 2.40. The van der Waals surface area contributed by atoms with Crippen molar-refractivity contribution in [2.75, 3.05) is 13.1 Å². The van der Waals surface area contributed by atoms with Gasteiger partial charge in [0.05, 0.1) is 6.10 Å². The fourth-order valence-corrected chi connectivity index (χ4v) is 1.68. The molecule has 0 spiro atoms. The normalized spacial score (nSPS) is 20.8. The smallest absolute Gasteiger partial charge is 0.298 e. The minimum atomic E-state index is -0.275. The molecule has 1 amide bonds. The average Bonchev–Trinajstić information content (AvgIpc) is 2.17. The van der Waals surface area contributed by atoms with E-state index in [1.165, 1.54) is 0 Å². The third-order valence-corrected chi connectivity index (χ3v) is 2.63. The number of nitrogens with zero attached hydrogens (tertiary/aromatic N) is 1. The summed E-state index contributed by atoms with van der Waals surface area (Å²) in [6.07, 6.45) is 6.44. The lowest BCUT2D eigenvalue weighted by Crippen LogP contribution is -2.40. The van der Waals surface area contributed by atoms with Crippen LogP contribution in [-0.4, -0.2) is 35.1 Å². The summed E-state index contributed by atoms with van der Waals surface area (Å²) in [4.78, 5) is 12.7. The molecule has 1 unspecified atom stereocenters. The van der Waals surface area contributed by atoms with Crippen molar-refractivity contribution in [3.05, 3.63) is 0 Å². The van der Waals surface area contributed by atoms with Crippen LogP contribution < -0.4 is 0 Å². The van der Waals surface area contributed by atoms with Crippen LogP contribution in [0.2, 0.25) is 0 Å². The number of carbonyl (C=O) groups excluding carboxylic acids is 1. The molecule has 3 nitrogen and oxygen atoms in total. The Morgan fingerprint density at radius 3 is 2.54 bits per heavy atom. The first kappa shape index (κ1) is 10.1. The third-order valence-electron chi connectivity index (χ3n) is 2.63. The quantitative estimate of drug-likeness (QED) is 0.589. The second kappa shape index (κ2) is 4.29. The highest BCUT2D eigenvalue weighted by Gasteiger charge is 2.24. The number of likely N-dealkylation sites (tertiary alicyclic amines) is 1. The third kappa shape index (κ3) is 2.46. The standard InChI is InChI=1S/C10H15NO2/c1-3-10(13)11-6-4-9(5-7-11)8(2)12/h1,8-9,12H,4-7H2,2H3. The van der Waals surface area contributed by atoms with Crippen LogP contribution in [0.5, 0.6) is 0 Å². The number of hydrogen-bond donors (Lipinski definition) is 1. The highest BCUT2D eigenvalue weighted by atomic mass is 16.3. The second-order valence-corrected chi connectivity index (χ2v) is 3.51. The van der Waals surface area contributed by atoms with E-state index in [0.29, 0.717) is 19.0 Å². The molecule has 0 aliphatic carbocycles. The van der Waals surface area contributed by atoms with Crippen molar-refractivity contribution >= 4 is 5.91 Å². The first-order valence-electron chi connectivity index (χ1n) is 4.58. The molecular formula is C10H15NO2. The molecule has 1 rings (SSSR count). The van der Waals surface area contributed by atoms with Crippen molar-refractivity contribution in [1.82, 2.24) is 4.90 Å². The van der Waals surface area contributed by atoms with Crippen LogP contribution in [0.4, 0.5) is 0 Å². The summed E-state index contributed by atoms with van der Waals surface area (Å²) < 4.78 is 0. The molecule has 1 atom stereocenters. The topological polar surface area (TPSA) is 40.5 Å². The molecule has 1 heterocycles. The molecule has 0 saturated carbocycles. The molecule has 0 aromatic rings. The van der Waals surface area contributed by atoms with Crippen LogP contribution in [0.3, 0.4) is 0 Å². The van der Waals surface area contributed by atoms with Crippen LogP contribution in [-0.2, 0) is 4.79 Å². The number of piperidine rings is 1. The summed E-state index contributed by atoms with van der Waals surface area (Å²) in [6.45, 7) is 3.15. The Kier molecular flexibility index (Phi) is 3.32. The molecule has 0 aromatic carbocycles. The molecule has 1 saturated heterocycles. The van der Waals surface area contributed by atoms with Gasteiger partial charge in [-0.1, -0.05) is 0 Å². The molecule has 0 aromatic heterocycles. The Morgan fingerprint density at radius 2 is 2.15 bits per heavy atom. The number of carbonyl (C=O) groups is 1. The Bertz CT molecular complexity index is 222. The van der Waals surface area contributed by atoms with Crippen molar-refractivity contribution in [3.63, 3.8) is 0 Å². The highest BCUT2D eigenvalue weighted by Crippen LogP contribution is 2.20. The first-order chi connectivity index (χ1) is 6.15. The van der Waals surface area contributed by atoms with Crippen LogP contribution in [0, 0.1) is 18.3 Å². The zero-order chi connectivity index (χ0) is 9.84. The van der Waals surface area contributed by atoms with E-state index >= 15 is 0 Å². The van der Waals surface area contributed by atoms with Gasteiger partial charge in [0.1, 0.15) is 0 Å². The molecule has 1 aliphatic rings. The minimum Gasteiger partial charge on any atom is -0.393 e. The van der Waals surface area contributed by atoms with Gasteiger partial charge in [0.2, 0.25) is 0 Å². The van der Waals surface area contributed by atoms with Gasteiger partial charge in [0, 0.05) is 13.1 Å². The second-order valence-electron chi connectivity index (χ2n) is 3.51. The predicted octanol–water partition coefficient (Wildman–Crippen LogP) is 0.239. The van der Waals surface area contributed by atoms with E-state index in [4.69, 9.17) is 6.42 Å². The molecule has 1 aliphatic heterocycles. The molecule has 0 radical (unpaired) electrons. The molecule has 1 fully saturated rings. The molecule has 72 valence electrons. The number of terminal acetylenes is 1. The van der Waals surface area contributed by atoms with Gasteiger partial charge in [-0.3, -0.25) is 4.79 Å². The fourth-order valence-electron chi connectivity index (χ4n) is 1.68. The van der Waals surface area contributed by atoms with Gasteiger partial charge in [0.15, 0.2) is 0 Å². The van der Waals surface area contributed by atoms with Crippen molar-refractivity contribution in [2.45, 2.75) is 25.9 Å². The minimum absolute atomic E-state index is 0.232. The van der Waals surface area contributed by atoms with Gasteiger partial charge in [-0.25, -0.2) is 0 Å². The van der Waals surface area contributed by atoms with Crippen molar-refractivity contribution in [3.8, 4) is 12.3 Å². The summed E-state index contributed by atoms with van der Waals surface area (Å²) in [5.41, 5.74) is 0. The van der Waals surface area contributed by atoms with Gasteiger partial charge in [-0.2, -0.15) is 0 Å². The van der Waals surface area contributed by atoms with Gasteiger partial charge in [0.25, 0.3) is 5.91 Å². The van der Waals surface area contributed by atoms with E-state index in [0.717, 1.165) is 12.8 Å². The molecule has 13 heavy (non-hydrogen) atoms. The Morgan fingerprint density at radius 1 is 1.62 bits per heavy atom. The zero-order valence-corrected chi connectivity index (χ0v) is 7.86. The lowest BCUT2D eigenvalue weighted by molar-refractivity contribution is -0.126. The highest BCUT2D eigenvalue weighted by molar-refractivity contribution is 5.92. The van der Waals surface area contributed by atoms with Crippen LogP contribution in [0.25, 0.3) is 0 Å². The van der Waals surface area contributed by atoms with E-state index in [1.54, 1.807) is 11.8 Å². The van der Waals surface area contributed by atoms with Gasteiger partial charge in [-0.15, -0.1) is 6.42 Å².